The molecule has 0 spiro atoms. The topological polar surface area (TPSA) is 96.0 Å². The number of amides is 1. The van der Waals surface area contributed by atoms with E-state index in [0.29, 0.717) is 46.5 Å². The summed E-state index contributed by atoms with van der Waals surface area (Å²) in [5.74, 6) is -0.916. The molecule has 0 bridgehead atoms. The Balaban J connectivity index is 1.34. The average Bonchev–Trinajstić information content (AvgIpc) is 3.59. The van der Waals surface area contributed by atoms with Crippen LogP contribution in [0, 0.1) is 11.6 Å². The highest BCUT2D eigenvalue weighted by atomic mass is 19.1. The van der Waals surface area contributed by atoms with Crippen LogP contribution in [0.3, 0.4) is 0 Å². The summed E-state index contributed by atoms with van der Waals surface area (Å²) in [6, 6.07) is 17.4. The van der Waals surface area contributed by atoms with Crippen molar-refractivity contribution < 1.29 is 18.3 Å². The molecule has 37 heavy (non-hydrogen) atoms. The Morgan fingerprint density at radius 2 is 1.62 bits per heavy atom. The van der Waals surface area contributed by atoms with Gasteiger partial charge in [0.15, 0.2) is 6.23 Å². The summed E-state index contributed by atoms with van der Waals surface area (Å²) < 4.78 is 34.6. The summed E-state index contributed by atoms with van der Waals surface area (Å²) in [6.45, 7) is 0.261. The monoisotopic (exact) mass is 501 g/mol. The van der Waals surface area contributed by atoms with Crippen molar-refractivity contribution in [2.45, 2.75) is 12.6 Å². The van der Waals surface area contributed by atoms with Gasteiger partial charge in [0, 0.05) is 18.3 Å². The number of halogens is 2. The molecule has 0 radical (unpaired) electrons. The van der Waals surface area contributed by atoms with Gasteiger partial charge >= 0.3 is 5.69 Å². The van der Waals surface area contributed by atoms with Crippen molar-refractivity contribution in [3.63, 3.8) is 0 Å². The largest absolute Gasteiger partial charge is 0.342 e. The number of benzene rings is 3. The number of aromatic nitrogens is 4. The lowest BCUT2D eigenvalue weighted by atomic mass is 10.1. The summed E-state index contributed by atoms with van der Waals surface area (Å²) in [5.41, 5.74) is 4.56. The summed E-state index contributed by atoms with van der Waals surface area (Å²) in [4.78, 5) is 31.5. The van der Waals surface area contributed by atoms with E-state index in [2.05, 4.69) is 9.97 Å². The van der Waals surface area contributed by atoms with Crippen LogP contribution in [0.4, 0.5) is 8.78 Å². The molecule has 1 aliphatic heterocycles. The van der Waals surface area contributed by atoms with E-state index in [1.807, 2.05) is 18.2 Å². The molecule has 0 saturated carbocycles. The van der Waals surface area contributed by atoms with Crippen molar-refractivity contribution in [2.24, 2.45) is 0 Å². The van der Waals surface area contributed by atoms with Gasteiger partial charge in [-0.05, 0) is 66.1 Å². The molecule has 6 rings (SSSR count). The minimum Gasteiger partial charge on any atom is -0.342 e. The Kier molecular flexibility index (Phi) is 5.65. The molecule has 0 unspecified atom stereocenters. The van der Waals surface area contributed by atoms with Gasteiger partial charge in [-0.25, -0.2) is 18.3 Å². The molecule has 10 heteroatoms. The Morgan fingerprint density at radius 1 is 0.919 bits per heavy atom. The van der Waals surface area contributed by atoms with E-state index in [1.165, 1.54) is 24.3 Å². The number of nitrogens with one attached hydrogen (secondary N) is 2. The Hall–Kier alpha value is -4.57. The molecular formula is C27H21F2N5O3. The first-order valence-corrected chi connectivity index (χ1v) is 11.7. The molecule has 1 saturated heterocycles. The van der Waals surface area contributed by atoms with Crippen molar-refractivity contribution in [1.82, 2.24) is 24.6 Å². The highest BCUT2D eigenvalue weighted by Gasteiger charge is 2.36. The Labute approximate surface area is 209 Å². The molecule has 3 aromatic carbocycles. The van der Waals surface area contributed by atoms with Crippen molar-refractivity contribution in [3.05, 3.63) is 106 Å². The lowest BCUT2D eigenvalue weighted by Crippen LogP contribution is -2.31. The number of nitrogens with zero attached hydrogens (tertiary/aromatic N) is 3. The molecular weight excluding hydrogens is 480 g/mol. The minimum absolute atomic E-state index is 0.0961. The standard InChI is InChI=1S/C27H21F2N5O3/c28-18-4-2-17(3-5-18)21-14-34(20-8-6-19(29)7-9-20)32-25(21)26-33(24(35)15-37-26)12-11-16-1-10-22-23(13-16)31-27(36)30-22/h1-10,13-14,26H,11-12,15H2,(H2,30,31,36)/t26-/m0/s1. The fraction of sp³-hybridized carbons (Fsp3) is 0.148. The Bertz CT molecular complexity index is 1650. The van der Waals surface area contributed by atoms with E-state index in [0.717, 1.165) is 5.56 Å². The van der Waals surface area contributed by atoms with Gasteiger partial charge < -0.3 is 19.6 Å². The summed E-state index contributed by atoms with van der Waals surface area (Å²) in [7, 11) is 0. The summed E-state index contributed by atoms with van der Waals surface area (Å²) in [6.07, 6.45) is 1.53. The van der Waals surface area contributed by atoms with Crippen LogP contribution in [0.2, 0.25) is 0 Å². The molecule has 3 heterocycles. The first-order valence-electron chi connectivity index (χ1n) is 11.7. The molecule has 2 aromatic heterocycles. The lowest BCUT2D eigenvalue weighted by molar-refractivity contribution is -0.128. The second-order valence-electron chi connectivity index (χ2n) is 8.82. The van der Waals surface area contributed by atoms with Crippen LogP contribution in [0.15, 0.2) is 77.7 Å². The third kappa shape index (κ3) is 4.43. The third-order valence-electron chi connectivity index (χ3n) is 6.41. The van der Waals surface area contributed by atoms with E-state index in [1.54, 1.807) is 40.0 Å². The van der Waals surface area contributed by atoms with Crippen molar-refractivity contribution in [3.8, 4) is 16.8 Å². The Morgan fingerprint density at radius 3 is 2.38 bits per heavy atom. The maximum absolute atomic E-state index is 13.6. The molecule has 5 aromatic rings. The second-order valence-corrected chi connectivity index (χ2v) is 8.82. The number of hydrogen-bond donors (Lipinski definition) is 2. The van der Waals surface area contributed by atoms with Crippen LogP contribution in [0.1, 0.15) is 17.5 Å². The first-order chi connectivity index (χ1) is 17.9. The number of hydrogen-bond acceptors (Lipinski definition) is 4. The quantitative estimate of drug-likeness (QED) is 0.366. The third-order valence-corrected chi connectivity index (χ3v) is 6.41. The smallest absolute Gasteiger partial charge is 0.323 e. The highest BCUT2D eigenvalue weighted by Crippen LogP contribution is 2.35. The summed E-state index contributed by atoms with van der Waals surface area (Å²) >= 11 is 0. The molecule has 2 N–H and O–H groups in total. The number of rotatable bonds is 6. The van der Waals surface area contributed by atoms with Crippen LogP contribution >= 0.6 is 0 Å². The molecule has 0 aliphatic carbocycles. The number of H-pyrrole nitrogens is 2. The van der Waals surface area contributed by atoms with E-state index in [-0.39, 0.29) is 29.8 Å². The number of carbonyl (C=O) groups excluding carboxylic acids is 1. The van der Waals surface area contributed by atoms with Gasteiger partial charge in [0.1, 0.15) is 23.9 Å². The zero-order valence-electron chi connectivity index (χ0n) is 19.4. The van der Waals surface area contributed by atoms with Gasteiger partial charge in [-0.3, -0.25) is 4.79 Å². The number of ether oxygens (including phenoxy) is 1. The van der Waals surface area contributed by atoms with Crippen LogP contribution in [-0.4, -0.2) is 43.7 Å². The van der Waals surface area contributed by atoms with Gasteiger partial charge in [-0.1, -0.05) is 18.2 Å². The van der Waals surface area contributed by atoms with Gasteiger partial charge in [-0.15, -0.1) is 0 Å². The van der Waals surface area contributed by atoms with E-state index < -0.39 is 6.23 Å². The molecule has 8 nitrogen and oxygen atoms in total. The predicted molar refractivity (Wildman–Crippen MR) is 132 cm³/mol. The number of fused-ring (bicyclic) bond motifs is 1. The van der Waals surface area contributed by atoms with Crippen molar-refractivity contribution >= 4 is 16.9 Å². The normalized spacial score (nSPS) is 15.7. The van der Waals surface area contributed by atoms with Crippen molar-refractivity contribution in [1.29, 1.82) is 0 Å². The SMILES string of the molecule is O=C1CO[C@@H](c2nn(-c3ccc(F)cc3)cc2-c2ccc(F)cc2)N1CCc1ccc2[nH]c(=O)[nH]c2c1. The van der Waals surface area contributed by atoms with Crippen LogP contribution in [-0.2, 0) is 16.0 Å². The fourth-order valence-electron chi connectivity index (χ4n) is 4.55. The minimum atomic E-state index is -0.759. The maximum Gasteiger partial charge on any atom is 0.323 e. The molecule has 1 aliphatic rings. The highest BCUT2D eigenvalue weighted by molar-refractivity contribution is 5.80. The lowest BCUT2D eigenvalue weighted by Gasteiger charge is -2.23. The average molecular weight is 501 g/mol. The zero-order valence-corrected chi connectivity index (χ0v) is 19.4. The van der Waals surface area contributed by atoms with Gasteiger partial charge in [-0.2, -0.15) is 5.10 Å². The van der Waals surface area contributed by atoms with Crippen LogP contribution in [0.25, 0.3) is 27.8 Å². The van der Waals surface area contributed by atoms with E-state index in [4.69, 9.17) is 9.84 Å². The molecule has 1 fully saturated rings. The first kappa shape index (κ1) is 22.9. The van der Waals surface area contributed by atoms with Crippen LogP contribution in [0.5, 0.6) is 0 Å². The van der Waals surface area contributed by atoms with Gasteiger partial charge in [0.25, 0.3) is 5.91 Å². The van der Waals surface area contributed by atoms with Gasteiger partial charge in [0.05, 0.1) is 16.7 Å². The molecule has 186 valence electrons. The summed E-state index contributed by atoms with van der Waals surface area (Å²) in [5, 5.41) is 4.71. The molecule has 1 atom stereocenters. The van der Waals surface area contributed by atoms with Crippen molar-refractivity contribution in [2.75, 3.05) is 13.2 Å². The predicted octanol–water partition coefficient (Wildman–Crippen LogP) is 4.09. The number of imidazole rings is 1. The van der Waals surface area contributed by atoms with Crippen LogP contribution < -0.4 is 5.69 Å². The van der Waals surface area contributed by atoms with E-state index in [9.17, 15) is 18.4 Å². The molecule has 1 amide bonds. The maximum atomic E-state index is 13.6. The number of aromatic amines is 2. The van der Waals surface area contributed by atoms with E-state index >= 15 is 0 Å². The van der Waals surface area contributed by atoms with Gasteiger partial charge in [0.2, 0.25) is 0 Å². The zero-order chi connectivity index (χ0) is 25.5. The fourth-order valence-corrected chi connectivity index (χ4v) is 4.55. The second kappa shape index (κ2) is 9.14. The number of carbonyl (C=O) groups is 1.